The summed E-state index contributed by atoms with van der Waals surface area (Å²) in [5.41, 5.74) is 9.67. The monoisotopic (exact) mass is 552 g/mol. The van der Waals surface area contributed by atoms with Gasteiger partial charge in [0.2, 0.25) is 23.5 Å². The molecule has 5 rings (SSSR count). The Kier molecular flexibility index (Phi) is 6.21. The molecule has 210 valence electrons. The van der Waals surface area contributed by atoms with Crippen LogP contribution >= 0.6 is 0 Å². The van der Waals surface area contributed by atoms with Gasteiger partial charge in [-0.15, -0.1) is 0 Å². The van der Waals surface area contributed by atoms with E-state index >= 15 is 0 Å². The van der Waals surface area contributed by atoms with E-state index in [-0.39, 0.29) is 56.3 Å². The number of halogens is 3. The van der Waals surface area contributed by atoms with Crippen LogP contribution in [0.5, 0.6) is 0 Å². The number of rotatable bonds is 6. The number of carbonyl (C=O) groups excluding carboxylic acids is 3. The van der Waals surface area contributed by atoms with Gasteiger partial charge in [0.25, 0.3) is 0 Å². The van der Waals surface area contributed by atoms with Crippen molar-refractivity contribution < 1.29 is 37.8 Å². The number of nitrogens with two attached hydrogens (primary N) is 2. The average molecular weight is 553 g/mol. The minimum Gasteiger partial charge on any atom is -0.370 e. The molecule has 13 nitrogen and oxygen atoms in total. The molecule has 4 aliphatic heterocycles. The Balaban J connectivity index is 1.33. The van der Waals surface area contributed by atoms with E-state index in [9.17, 15) is 37.8 Å². The van der Waals surface area contributed by atoms with E-state index < -0.39 is 59.0 Å². The predicted molar refractivity (Wildman–Crippen MR) is 128 cm³/mol. The van der Waals surface area contributed by atoms with Gasteiger partial charge in [0.1, 0.15) is 12.1 Å². The summed E-state index contributed by atoms with van der Waals surface area (Å²) in [4.78, 5) is 48.1. The first kappa shape index (κ1) is 26.7. The minimum absolute atomic E-state index is 0.0261. The fraction of sp³-hybridized carbons (Fsp3) is 0.522. The highest BCUT2D eigenvalue weighted by molar-refractivity contribution is 6.02. The number of alkyl halides is 3. The Hall–Kier alpha value is -3.92. The largest absolute Gasteiger partial charge is 0.416 e. The van der Waals surface area contributed by atoms with Crippen LogP contribution in [0.4, 0.5) is 13.2 Å². The number of aliphatic hydroxyl groups is 2. The third kappa shape index (κ3) is 4.32. The van der Waals surface area contributed by atoms with Gasteiger partial charge in [-0.05, 0) is 18.1 Å². The SMILES string of the molecule is NC1=N[C@H]2C(CN3C(=O)CCC3=O)N=C(N)N3CC(NC(=O)CCc4cccc(C(F)(F)F)c4)C(O)(O)[C@]23N1. The number of likely N-dealkylation sites (tertiary alicyclic amines) is 1. The van der Waals surface area contributed by atoms with Gasteiger partial charge >= 0.3 is 6.18 Å². The molecule has 0 aliphatic carbocycles. The van der Waals surface area contributed by atoms with Gasteiger partial charge in [-0.25, -0.2) is 9.98 Å². The summed E-state index contributed by atoms with van der Waals surface area (Å²) in [7, 11) is 0. The van der Waals surface area contributed by atoms with Crippen molar-refractivity contribution in [2.24, 2.45) is 21.5 Å². The van der Waals surface area contributed by atoms with Gasteiger partial charge < -0.3 is 37.2 Å². The summed E-state index contributed by atoms with van der Waals surface area (Å²) in [6.07, 6.45) is -4.68. The van der Waals surface area contributed by atoms with Gasteiger partial charge in [0.15, 0.2) is 17.6 Å². The zero-order valence-electron chi connectivity index (χ0n) is 20.5. The van der Waals surface area contributed by atoms with Gasteiger partial charge in [-0.3, -0.25) is 19.3 Å². The van der Waals surface area contributed by atoms with Crippen molar-refractivity contribution in [2.45, 2.75) is 61.4 Å². The third-order valence-electron chi connectivity index (χ3n) is 7.56. The molecular formula is C23H27F3N8O5. The summed E-state index contributed by atoms with van der Waals surface area (Å²) in [5.74, 6) is -4.49. The zero-order chi connectivity index (χ0) is 28.3. The molecule has 1 spiro atoms. The normalized spacial score (nSPS) is 29.5. The molecule has 4 atom stereocenters. The number of benzene rings is 1. The predicted octanol–water partition coefficient (Wildman–Crippen LogP) is -2.05. The quantitative estimate of drug-likeness (QED) is 0.170. The maximum absolute atomic E-state index is 13.0. The summed E-state index contributed by atoms with van der Waals surface area (Å²) >= 11 is 0. The lowest BCUT2D eigenvalue weighted by molar-refractivity contribution is -0.232. The van der Waals surface area contributed by atoms with E-state index in [1.165, 1.54) is 17.0 Å². The number of hydrogen-bond donors (Lipinski definition) is 6. The van der Waals surface area contributed by atoms with E-state index in [4.69, 9.17) is 11.5 Å². The average Bonchev–Trinajstić information content (AvgIpc) is 3.45. The van der Waals surface area contributed by atoms with Crippen molar-refractivity contribution in [3.05, 3.63) is 35.4 Å². The smallest absolute Gasteiger partial charge is 0.370 e. The van der Waals surface area contributed by atoms with E-state index in [0.717, 1.165) is 17.0 Å². The third-order valence-corrected chi connectivity index (χ3v) is 7.56. The molecule has 0 bridgehead atoms. The number of imide groups is 1. The molecule has 8 N–H and O–H groups in total. The van der Waals surface area contributed by atoms with Crippen LogP contribution in [0.25, 0.3) is 0 Å². The summed E-state index contributed by atoms with van der Waals surface area (Å²) in [6, 6.07) is 1.17. The fourth-order valence-electron chi connectivity index (χ4n) is 5.68. The van der Waals surface area contributed by atoms with Gasteiger partial charge in [-0.2, -0.15) is 13.2 Å². The molecule has 16 heteroatoms. The summed E-state index contributed by atoms with van der Waals surface area (Å²) in [6.45, 7) is -0.431. The first-order chi connectivity index (χ1) is 18.2. The van der Waals surface area contributed by atoms with Crippen molar-refractivity contribution in [1.82, 2.24) is 20.4 Å². The van der Waals surface area contributed by atoms with Crippen LogP contribution in [-0.4, -0.2) is 92.3 Å². The van der Waals surface area contributed by atoms with Crippen molar-refractivity contribution in [2.75, 3.05) is 13.1 Å². The van der Waals surface area contributed by atoms with E-state index in [1.54, 1.807) is 0 Å². The van der Waals surface area contributed by atoms with Crippen LogP contribution in [-0.2, 0) is 27.0 Å². The molecule has 39 heavy (non-hydrogen) atoms. The van der Waals surface area contributed by atoms with Crippen molar-refractivity contribution in [3.63, 3.8) is 0 Å². The van der Waals surface area contributed by atoms with Gasteiger partial charge in [-0.1, -0.05) is 18.2 Å². The highest BCUT2D eigenvalue weighted by Gasteiger charge is 2.73. The fourth-order valence-corrected chi connectivity index (χ4v) is 5.68. The van der Waals surface area contributed by atoms with E-state index in [1.807, 2.05) is 0 Å². The van der Waals surface area contributed by atoms with Crippen molar-refractivity contribution >= 4 is 29.6 Å². The number of aryl methyl sites for hydroxylation is 1. The first-order valence-electron chi connectivity index (χ1n) is 12.2. The molecule has 0 aromatic heterocycles. The standard InChI is InChI=1S/C23H27F3N8O5/c24-23(25,26)12-3-1-2-11(8-12)4-5-15(35)30-14-10-34-20(28)29-13(9-33-16(36)6-7-17(33)37)18-21(34,22(14,38)39)32-19(27)31-18/h1-3,8,13-14,18,38-39H,4-7,9-10H2,(H2,28,29)(H,30,35)(H3,27,31,32)/t13?,14?,18-,21-/m0/s1. The van der Waals surface area contributed by atoms with Crippen LogP contribution in [0, 0.1) is 0 Å². The van der Waals surface area contributed by atoms with Gasteiger partial charge in [0.05, 0.1) is 18.2 Å². The molecule has 4 heterocycles. The number of nitrogens with one attached hydrogen (secondary N) is 2. The lowest BCUT2D eigenvalue weighted by Gasteiger charge is -2.49. The molecule has 0 radical (unpaired) electrons. The minimum atomic E-state index is -4.52. The maximum atomic E-state index is 13.0. The molecule has 2 unspecified atom stereocenters. The van der Waals surface area contributed by atoms with Crippen molar-refractivity contribution in [3.8, 4) is 0 Å². The second-order valence-corrected chi connectivity index (χ2v) is 9.96. The summed E-state index contributed by atoms with van der Waals surface area (Å²) in [5, 5.41) is 28.1. The maximum Gasteiger partial charge on any atom is 0.416 e. The van der Waals surface area contributed by atoms with E-state index in [2.05, 4.69) is 20.6 Å². The molecule has 2 saturated heterocycles. The number of guanidine groups is 2. The number of hydrogen-bond acceptors (Lipinski definition) is 11. The van der Waals surface area contributed by atoms with Gasteiger partial charge in [0, 0.05) is 25.8 Å². The van der Waals surface area contributed by atoms with Crippen LogP contribution in [0.3, 0.4) is 0 Å². The highest BCUT2D eigenvalue weighted by atomic mass is 19.4. The lowest BCUT2D eigenvalue weighted by Crippen LogP contribution is -2.78. The van der Waals surface area contributed by atoms with Crippen LogP contribution in [0.2, 0.25) is 0 Å². The summed E-state index contributed by atoms with van der Waals surface area (Å²) < 4.78 is 39.0. The number of nitrogens with zero attached hydrogens (tertiary/aromatic N) is 4. The molecular weight excluding hydrogens is 525 g/mol. The molecule has 1 aromatic carbocycles. The number of aliphatic imine (C=N–C) groups is 2. The number of carbonyl (C=O) groups is 3. The zero-order valence-corrected chi connectivity index (χ0v) is 20.5. The van der Waals surface area contributed by atoms with E-state index in [0.29, 0.717) is 0 Å². The first-order valence-corrected chi connectivity index (χ1v) is 12.2. The Morgan fingerprint density at radius 3 is 2.54 bits per heavy atom. The Morgan fingerprint density at radius 2 is 1.87 bits per heavy atom. The highest BCUT2D eigenvalue weighted by Crippen LogP contribution is 2.45. The number of amides is 3. The van der Waals surface area contributed by atoms with Crippen LogP contribution in [0.1, 0.15) is 30.4 Å². The molecule has 4 aliphatic rings. The second kappa shape index (κ2) is 9.08. The Morgan fingerprint density at radius 1 is 1.18 bits per heavy atom. The Labute approximate surface area is 219 Å². The van der Waals surface area contributed by atoms with Crippen LogP contribution < -0.4 is 22.1 Å². The molecule has 1 aromatic rings. The molecule has 0 saturated carbocycles. The Bertz CT molecular complexity index is 1270. The van der Waals surface area contributed by atoms with Crippen LogP contribution in [0.15, 0.2) is 34.3 Å². The second-order valence-electron chi connectivity index (χ2n) is 9.96. The molecule has 2 fully saturated rings. The topological polar surface area (TPSA) is 199 Å². The molecule has 3 amide bonds. The lowest BCUT2D eigenvalue weighted by atomic mass is 9.84. The van der Waals surface area contributed by atoms with Crippen molar-refractivity contribution in [1.29, 1.82) is 0 Å².